The Balaban J connectivity index is 1.84. The van der Waals surface area contributed by atoms with Crippen molar-refractivity contribution >= 4 is 50.7 Å². The van der Waals surface area contributed by atoms with Gasteiger partial charge in [-0.3, -0.25) is 13.9 Å². The SMILES string of the molecule is COc1ccc(N(CC(=O)N(Cc2cccc(Cl)c2)[C@@H](Cc2ccccc2)C(=O)NC(C)(C)C)S(=O)(=O)c2ccc(C)cc2)cc1Cl. The van der Waals surface area contributed by atoms with Crippen molar-refractivity contribution in [2.75, 3.05) is 18.0 Å². The van der Waals surface area contributed by atoms with Gasteiger partial charge in [-0.2, -0.15) is 0 Å². The Bertz CT molecular complexity index is 1810. The summed E-state index contributed by atoms with van der Waals surface area (Å²) >= 11 is 12.8. The van der Waals surface area contributed by atoms with Crippen LogP contribution >= 0.6 is 23.2 Å². The number of carbonyl (C=O) groups is 2. The monoisotopic (exact) mass is 695 g/mol. The molecule has 47 heavy (non-hydrogen) atoms. The number of methoxy groups -OCH3 is 1. The number of amides is 2. The third-order valence-electron chi connectivity index (χ3n) is 7.32. The molecule has 0 fully saturated rings. The molecule has 0 aliphatic carbocycles. The van der Waals surface area contributed by atoms with E-state index in [1.165, 1.54) is 36.3 Å². The van der Waals surface area contributed by atoms with Crippen LogP contribution in [0.1, 0.15) is 37.5 Å². The molecule has 0 aromatic heterocycles. The molecule has 248 valence electrons. The third-order valence-corrected chi connectivity index (χ3v) is 9.64. The second-order valence-electron chi connectivity index (χ2n) is 12.2. The van der Waals surface area contributed by atoms with Crippen LogP contribution < -0.4 is 14.4 Å². The normalized spacial score (nSPS) is 12.2. The molecule has 0 saturated heterocycles. The number of nitrogens with one attached hydrogen (secondary N) is 1. The fourth-order valence-electron chi connectivity index (χ4n) is 5.02. The van der Waals surface area contributed by atoms with Gasteiger partial charge in [0, 0.05) is 23.5 Å². The van der Waals surface area contributed by atoms with Crippen LogP contribution in [0, 0.1) is 6.92 Å². The zero-order chi connectivity index (χ0) is 34.4. The molecule has 0 radical (unpaired) electrons. The highest BCUT2D eigenvalue weighted by Crippen LogP contribution is 2.32. The number of ether oxygens (including phenoxy) is 1. The van der Waals surface area contributed by atoms with Gasteiger partial charge in [-0.1, -0.05) is 83.4 Å². The van der Waals surface area contributed by atoms with Gasteiger partial charge >= 0.3 is 0 Å². The first-order valence-corrected chi connectivity index (χ1v) is 17.2. The summed E-state index contributed by atoms with van der Waals surface area (Å²) in [6.07, 6.45) is 0.189. The molecule has 4 rings (SSSR count). The lowest BCUT2D eigenvalue weighted by molar-refractivity contribution is -0.140. The summed E-state index contributed by atoms with van der Waals surface area (Å²) in [6, 6.07) is 26.2. The van der Waals surface area contributed by atoms with Gasteiger partial charge in [0.05, 0.1) is 22.7 Å². The van der Waals surface area contributed by atoms with Crippen molar-refractivity contribution < 1.29 is 22.7 Å². The number of anilines is 1. The standard InChI is InChI=1S/C36H39Cl2N3O5S/c1-25-14-17-30(18-15-25)47(44,45)41(29-16-19-33(46-5)31(38)22-29)24-34(42)40(23-27-12-9-13-28(37)20-27)32(35(43)39-36(2,3)4)21-26-10-7-6-8-11-26/h6-20,22,32H,21,23-24H2,1-5H3,(H,39,43)/t32-/m0/s1. The number of halogens is 2. The zero-order valence-corrected chi connectivity index (χ0v) is 29.4. The molecule has 11 heteroatoms. The molecule has 4 aromatic carbocycles. The van der Waals surface area contributed by atoms with Crippen molar-refractivity contribution in [2.45, 2.75) is 57.1 Å². The predicted molar refractivity (Wildman–Crippen MR) is 188 cm³/mol. The molecule has 1 atom stereocenters. The molecular weight excluding hydrogens is 657 g/mol. The molecular formula is C36H39Cl2N3O5S. The first-order valence-electron chi connectivity index (χ1n) is 15.0. The zero-order valence-electron chi connectivity index (χ0n) is 27.0. The van der Waals surface area contributed by atoms with Crippen molar-refractivity contribution in [1.29, 1.82) is 0 Å². The minimum Gasteiger partial charge on any atom is -0.495 e. The minimum absolute atomic E-state index is 0.00373. The van der Waals surface area contributed by atoms with Crippen LogP contribution in [0.5, 0.6) is 5.75 Å². The van der Waals surface area contributed by atoms with E-state index in [1.807, 2.05) is 58.0 Å². The van der Waals surface area contributed by atoms with Gasteiger partial charge in [0.2, 0.25) is 11.8 Å². The number of hydrogen-bond donors (Lipinski definition) is 1. The summed E-state index contributed by atoms with van der Waals surface area (Å²) in [6.45, 7) is 6.80. The molecule has 0 heterocycles. The maximum Gasteiger partial charge on any atom is 0.264 e. The van der Waals surface area contributed by atoms with Gasteiger partial charge in [0.15, 0.2) is 0 Å². The molecule has 8 nitrogen and oxygen atoms in total. The second kappa shape index (κ2) is 15.2. The number of benzene rings is 4. The van der Waals surface area contributed by atoms with Gasteiger partial charge < -0.3 is 15.0 Å². The van der Waals surface area contributed by atoms with Crippen LogP contribution in [0.3, 0.4) is 0 Å². The van der Waals surface area contributed by atoms with Crippen LogP contribution in [-0.2, 0) is 32.6 Å². The summed E-state index contributed by atoms with van der Waals surface area (Å²) in [7, 11) is -2.83. The summed E-state index contributed by atoms with van der Waals surface area (Å²) in [4.78, 5) is 30.0. The highest BCUT2D eigenvalue weighted by Gasteiger charge is 2.36. The van der Waals surface area contributed by atoms with Gasteiger partial charge in [0.25, 0.3) is 10.0 Å². The highest BCUT2D eigenvalue weighted by molar-refractivity contribution is 7.92. The van der Waals surface area contributed by atoms with E-state index in [9.17, 15) is 18.0 Å². The predicted octanol–water partition coefficient (Wildman–Crippen LogP) is 7.06. The quantitative estimate of drug-likeness (QED) is 0.171. The number of hydrogen-bond acceptors (Lipinski definition) is 5. The average molecular weight is 697 g/mol. The Hall–Kier alpha value is -4.05. The maximum atomic E-state index is 14.6. The van der Waals surface area contributed by atoms with E-state index < -0.39 is 34.1 Å². The van der Waals surface area contributed by atoms with Crippen molar-refractivity contribution in [2.24, 2.45) is 0 Å². The highest BCUT2D eigenvalue weighted by atomic mass is 35.5. The Kier molecular flexibility index (Phi) is 11.6. The first-order chi connectivity index (χ1) is 22.2. The minimum atomic E-state index is -4.28. The van der Waals surface area contributed by atoms with Crippen LogP contribution in [0.15, 0.2) is 102 Å². The van der Waals surface area contributed by atoms with Crippen LogP contribution in [-0.4, -0.2) is 50.4 Å². The molecule has 0 saturated carbocycles. The summed E-state index contributed by atoms with van der Waals surface area (Å²) in [5.74, 6) is -0.631. The maximum absolute atomic E-state index is 14.6. The Morgan fingerprint density at radius 1 is 0.872 bits per heavy atom. The van der Waals surface area contributed by atoms with E-state index in [0.29, 0.717) is 16.3 Å². The number of aryl methyl sites for hydroxylation is 1. The third kappa shape index (κ3) is 9.50. The van der Waals surface area contributed by atoms with E-state index >= 15 is 0 Å². The van der Waals surface area contributed by atoms with E-state index in [2.05, 4.69) is 5.32 Å². The van der Waals surface area contributed by atoms with E-state index in [-0.39, 0.29) is 34.5 Å². The number of nitrogens with zero attached hydrogens (tertiary/aromatic N) is 2. The number of sulfonamides is 1. The fourth-order valence-corrected chi connectivity index (χ4v) is 6.89. The lowest BCUT2D eigenvalue weighted by atomic mass is 10.0. The molecule has 0 aliphatic rings. The molecule has 0 spiro atoms. The van der Waals surface area contributed by atoms with Crippen LogP contribution in [0.25, 0.3) is 0 Å². The largest absolute Gasteiger partial charge is 0.495 e. The first kappa shape index (κ1) is 35.8. The van der Waals surface area contributed by atoms with Crippen molar-refractivity contribution in [3.63, 3.8) is 0 Å². The van der Waals surface area contributed by atoms with E-state index in [0.717, 1.165) is 15.4 Å². The number of carbonyl (C=O) groups excluding carboxylic acids is 2. The summed E-state index contributed by atoms with van der Waals surface area (Å²) in [5, 5.41) is 3.65. The lowest BCUT2D eigenvalue weighted by Crippen LogP contribution is -2.56. The smallest absolute Gasteiger partial charge is 0.264 e. The Labute approximate surface area is 287 Å². The Morgan fingerprint density at radius 3 is 2.13 bits per heavy atom. The van der Waals surface area contributed by atoms with Crippen molar-refractivity contribution in [1.82, 2.24) is 10.2 Å². The second-order valence-corrected chi connectivity index (χ2v) is 14.9. The van der Waals surface area contributed by atoms with Gasteiger partial charge in [0.1, 0.15) is 18.3 Å². The van der Waals surface area contributed by atoms with Crippen LogP contribution in [0.4, 0.5) is 5.69 Å². The summed E-state index contributed by atoms with van der Waals surface area (Å²) < 4.78 is 34.8. The molecule has 4 aromatic rings. The fraction of sp³-hybridized carbons (Fsp3) is 0.278. The lowest BCUT2D eigenvalue weighted by Gasteiger charge is -2.35. The average Bonchev–Trinajstić information content (AvgIpc) is 3.01. The van der Waals surface area contributed by atoms with Gasteiger partial charge in [-0.05, 0) is 81.3 Å². The van der Waals surface area contributed by atoms with E-state index in [4.69, 9.17) is 27.9 Å². The van der Waals surface area contributed by atoms with Gasteiger partial charge in [-0.15, -0.1) is 0 Å². The molecule has 0 aliphatic heterocycles. The van der Waals surface area contributed by atoms with Gasteiger partial charge in [-0.25, -0.2) is 8.42 Å². The van der Waals surface area contributed by atoms with Crippen LogP contribution in [0.2, 0.25) is 10.0 Å². The van der Waals surface area contributed by atoms with E-state index in [1.54, 1.807) is 42.5 Å². The summed E-state index contributed by atoms with van der Waals surface area (Å²) in [5.41, 5.74) is 1.94. The topological polar surface area (TPSA) is 96.0 Å². The molecule has 2 amide bonds. The van der Waals surface area contributed by atoms with Crippen molar-refractivity contribution in [3.8, 4) is 5.75 Å². The Morgan fingerprint density at radius 2 is 1.53 bits per heavy atom. The molecule has 0 unspecified atom stereocenters. The molecule has 1 N–H and O–H groups in total. The number of rotatable bonds is 12. The molecule has 0 bridgehead atoms. The van der Waals surface area contributed by atoms with Crippen molar-refractivity contribution in [3.05, 3.63) is 124 Å².